The molecule has 1 atom stereocenters. The molecule has 5 nitrogen and oxygen atoms in total. The Morgan fingerprint density at radius 1 is 1.28 bits per heavy atom. The Labute approximate surface area is 149 Å². The molecule has 0 saturated carbocycles. The molecule has 1 heterocycles. The smallest absolute Gasteiger partial charge is 0.348 e. The quantitative estimate of drug-likeness (QED) is 0.671. The van der Waals surface area contributed by atoms with Crippen LogP contribution in [-0.4, -0.2) is 24.0 Å². The summed E-state index contributed by atoms with van der Waals surface area (Å²) in [7, 11) is 0. The summed E-state index contributed by atoms with van der Waals surface area (Å²) in [6, 6.07) is 13.2. The van der Waals surface area contributed by atoms with Crippen LogP contribution in [0.2, 0.25) is 5.02 Å². The topological polar surface area (TPSA) is 72.8 Å². The molecule has 0 aliphatic carbocycles. The summed E-state index contributed by atoms with van der Waals surface area (Å²) in [5, 5.41) is 11.5. The summed E-state index contributed by atoms with van der Waals surface area (Å²) >= 11 is 6.01. The standard InChI is InChI=1S/C19H15ClO5/c1-2-24-18(22)19(23)14-10-13(20)8-9-16(14)25-17(15(19)11-21)12-6-4-3-5-7-12/h3-11,23H,2H2,1H3/t19-/m1/s1. The van der Waals surface area contributed by atoms with Gasteiger partial charge in [-0.05, 0) is 25.1 Å². The second-order valence-electron chi connectivity index (χ2n) is 5.40. The Hall–Kier alpha value is -2.63. The Kier molecular flexibility index (Phi) is 4.61. The lowest BCUT2D eigenvalue weighted by Crippen LogP contribution is -2.43. The minimum absolute atomic E-state index is 0.0463. The van der Waals surface area contributed by atoms with E-state index in [2.05, 4.69) is 0 Å². The number of ether oxygens (including phenoxy) is 2. The molecule has 25 heavy (non-hydrogen) atoms. The minimum Gasteiger partial charge on any atom is -0.463 e. The highest BCUT2D eigenvalue weighted by molar-refractivity contribution is 6.30. The third-order valence-electron chi connectivity index (χ3n) is 3.90. The molecule has 0 fully saturated rings. The summed E-state index contributed by atoms with van der Waals surface area (Å²) in [6.45, 7) is 1.66. The van der Waals surface area contributed by atoms with Crippen molar-refractivity contribution in [3.63, 3.8) is 0 Å². The Morgan fingerprint density at radius 3 is 2.64 bits per heavy atom. The van der Waals surface area contributed by atoms with Crippen molar-refractivity contribution in [3.8, 4) is 5.75 Å². The van der Waals surface area contributed by atoms with E-state index in [1.54, 1.807) is 43.3 Å². The maximum atomic E-state index is 12.6. The molecular formula is C19H15ClO5. The van der Waals surface area contributed by atoms with Crippen LogP contribution in [-0.2, 0) is 19.9 Å². The highest BCUT2D eigenvalue weighted by Crippen LogP contribution is 2.45. The van der Waals surface area contributed by atoms with Gasteiger partial charge in [0.15, 0.2) is 6.29 Å². The minimum atomic E-state index is -2.30. The molecule has 6 heteroatoms. The fourth-order valence-electron chi connectivity index (χ4n) is 2.75. The predicted molar refractivity (Wildman–Crippen MR) is 92.0 cm³/mol. The first-order chi connectivity index (χ1) is 12.0. The lowest BCUT2D eigenvalue weighted by Gasteiger charge is -2.34. The Morgan fingerprint density at radius 2 is 2.00 bits per heavy atom. The molecule has 0 spiro atoms. The van der Waals surface area contributed by atoms with Crippen LogP contribution in [0.1, 0.15) is 18.1 Å². The molecule has 0 radical (unpaired) electrons. The van der Waals surface area contributed by atoms with Crippen LogP contribution in [0.3, 0.4) is 0 Å². The van der Waals surface area contributed by atoms with Crippen molar-refractivity contribution in [1.29, 1.82) is 0 Å². The maximum absolute atomic E-state index is 12.6. The second kappa shape index (κ2) is 6.70. The van der Waals surface area contributed by atoms with Crippen LogP contribution in [0.5, 0.6) is 5.75 Å². The van der Waals surface area contributed by atoms with Gasteiger partial charge in [0, 0.05) is 16.1 Å². The molecule has 0 bridgehead atoms. The zero-order valence-corrected chi connectivity index (χ0v) is 14.1. The van der Waals surface area contributed by atoms with E-state index in [1.165, 1.54) is 12.1 Å². The van der Waals surface area contributed by atoms with Gasteiger partial charge in [-0.15, -0.1) is 0 Å². The monoisotopic (exact) mass is 358 g/mol. The largest absolute Gasteiger partial charge is 0.463 e. The molecule has 0 amide bonds. The van der Waals surface area contributed by atoms with Crippen LogP contribution < -0.4 is 4.74 Å². The molecule has 1 aliphatic heterocycles. The lowest BCUT2D eigenvalue weighted by molar-refractivity contribution is -0.163. The highest BCUT2D eigenvalue weighted by Gasteiger charge is 2.50. The number of halogens is 1. The SMILES string of the molecule is CCOC(=O)[C@]1(O)C(C=O)=C(c2ccccc2)Oc2ccc(Cl)cc21. The second-order valence-corrected chi connectivity index (χ2v) is 5.84. The van der Waals surface area contributed by atoms with E-state index < -0.39 is 11.6 Å². The average Bonchev–Trinajstić information content (AvgIpc) is 2.63. The first-order valence-electron chi connectivity index (χ1n) is 7.65. The number of esters is 1. The number of carbonyl (C=O) groups excluding carboxylic acids is 2. The van der Waals surface area contributed by atoms with Gasteiger partial charge in [-0.25, -0.2) is 4.79 Å². The van der Waals surface area contributed by atoms with Gasteiger partial charge < -0.3 is 14.6 Å². The maximum Gasteiger partial charge on any atom is 0.348 e. The molecule has 0 aromatic heterocycles. The van der Waals surface area contributed by atoms with Gasteiger partial charge in [0.2, 0.25) is 5.60 Å². The van der Waals surface area contributed by atoms with E-state index in [4.69, 9.17) is 21.1 Å². The van der Waals surface area contributed by atoms with Crippen molar-refractivity contribution >= 4 is 29.6 Å². The van der Waals surface area contributed by atoms with Crippen LogP contribution in [0.4, 0.5) is 0 Å². The molecular weight excluding hydrogens is 344 g/mol. The van der Waals surface area contributed by atoms with Crippen LogP contribution in [0, 0.1) is 0 Å². The molecule has 1 N–H and O–H groups in total. The van der Waals surface area contributed by atoms with E-state index >= 15 is 0 Å². The summed E-state index contributed by atoms with van der Waals surface area (Å²) in [5.41, 5.74) is -1.92. The molecule has 0 saturated heterocycles. The predicted octanol–water partition coefficient (Wildman–Crippen LogP) is 3.09. The molecule has 2 aromatic rings. The molecule has 128 valence electrons. The van der Waals surface area contributed by atoms with Gasteiger partial charge >= 0.3 is 5.97 Å². The Bertz CT molecular complexity index is 859. The van der Waals surface area contributed by atoms with Crippen molar-refractivity contribution in [3.05, 3.63) is 70.3 Å². The van der Waals surface area contributed by atoms with Crippen molar-refractivity contribution in [2.45, 2.75) is 12.5 Å². The van der Waals surface area contributed by atoms with Crippen molar-refractivity contribution < 1.29 is 24.2 Å². The zero-order chi connectivity index (χ0) is 18.0. The number of hydrogen-bond donors (Lipinski definition) is 1. The van der Waals surface area contributed by atoms with Crippen LogP contribution in [0.25, 0.3) is 5.76 Å². The molecule has 1 aliphatic rings. The number of benzene rings is 2. The third kappa shape index (κ3) is 2.81. The van der Waals surface area contributed by atoms with Crippen molar-refractivity contribution in [2.75, 3.05) is 6.61 Å². The van der Waals surface area contributed by atoms with Crippen molar-refractivity contribution in [2.24, 2.45) is 0 Å². The third-order valence-corrected chi connectivity index (χ3v) is 4.14. The van der Waals surface area contributed by atoms with E-state index in [1.807, 2.05) is 0 Å². The molecule has 2 aromatic carbocycles. The highest BCUT2D eigenvalue weighted by atomic mass is 35.5. The number of carbonyl (C=O) groups is 2. The van der Waals surface area contributed by atoms with Gasteiger partial charge in [-0.3, -0.25) is 4.79 Å². The van der Waals surface area contributed by atoms with Gasteiger partial charge in [0.25, 0.3) is 0 Å². The summed E-state index contributed by atoms with van der Waals surface area (Å²) in [5.74, 6) is -0.636. The van der Waals surface area contributed by atoms with E-state index in [-0.39, 0.29) is 29.3 Å². The number of aliphatic hydroxyl groups is 1. The fourth-order valence-corrected chi connectivity index (χ4v) is 2.92. The number of hydrogen-bond acceptors (Lipinski definition) is 5. The summed E-state index contributed by atoms with van der Waals surface area (Å²) < 4.78 is 10.8. The summed E-state index contributed by atoms with van der Waals surface area (Å²) in [4.78, 5) is 24.4. The van der Waals surface area contributed by atoms with E-state index in [0.717, 1.165) is 0 Å². The van der Waals surface area contributed by atoms with Crippen LogP contribution in [0.15, 0.2) is 54.1 Å². The van der Waals surface area contributed by atoms with Gasteiger partial charge in [-0.1, -0.05) is 41.9 Å². The number of fused-ring (bicyclic) bond motifs is 1. The number of aldehydes is 1. The summed E-state index contributed by atoms with van der Waals surface area (Å²) in [6.07, 6.45) is 0.406. The number of rotatable bonds is 4. The van der Waals surface area contributed by atoms with E-state index in [9.17, 15) is 14.7 Å². The first-order valence-corrected chi connectivity index (χ1v) is 8.03. The molecule has 3 rings (SSSR count). The molecule has 0 unspecified atom stereocenters. The Balaban J connectivity index is 2.30. The normalized spacial score (nSPS) is 19.0. The van der Waals surface area contributed by atoms with Gasteiger partial charge in [0.1, 0.15) is 11.5 Å². The first kappa shape index (κ1) is 17.2. The average molecular weight is 359 g/mol. The van der Waals surface area contributed by atoms with Gasteiger partial charge in [-0.2, -0.15) is 0 Å². The van der Waals surface area contributed by atoms with Crippen LogP contribution >= 0.6 is 11.6 Å². The van der Waals surface area contributed by atoms with Gasteiger partial charge in [0.05, 0.1) is 12.2 Å². The zero-order valence-electron chi connectivity index (χ0n) is 13.4. The fraction of sp³-hybridized carbons (Fsp3) is 0.158. The van der Waals surface area contributed by atoms with E-state index in [0.29, 0.717) is 16.9 Å². The lowest BCUT2D eigenvalue weighted by atomic mass is 9.82. The van der Waals surface area contributed by atoms with Crippen molar-refractivity contribution in [1.82, 2.24) is 0 Å².